The summed E-state index contributed by atoms with van der Waals surface area (Å²) in [7, 11) is 0. The molecular weight excluding hydrogens is 384 g/mol. The maximum atomic E-state index is 13.0. The molecule has 0 radical (unpaired) electrons. The number of aromatic nitrogens is 2. The van der Waals surface area contributed by atoms with Gasteiger partial charge in [0.15, 0.2) is 0 Å². The van der Waals surface area contributed by atoms with Gasteiger partial charge in [0, 0.05) is 23.4 Å². The van der Waals surface area contributed by atoms with Crippen LogP contribution in [0.2, 0.25) is 0 Å². The summed E-state index contributed by atoms with van der Waals surface area (Å²) in [5.41, 5.74) is 0.238. The summed E-state index contributed by atoms with van der Waals surface area (Å²) in [5, 5.41) is 27.5. The molecule has 150 valence electrons. The Morgan fingerprint density at radius 2 is 1.80 bits per heavy atom. The number of hydrogen-bond acceptors (Lipinski definition) is 6. The number of nitro groups is 1. The van der Waals surface area contributed by atoms with Crippen LogP contribution in [0.4, 0.5) is 5.69 Å². The zero-order valence-electron chi connectivity index (χ0n) is 16.1. The van der Waals surface area contributed by atoms with Crippen molar-refractivity contribution in [3.05, 3.63) is 86.5 Å². The van der Waals surface area contributed by atoms with E-state index in [2.05, 4.69) is 10.1 Å². The second-order valence-electron chi connectivity index (χ2n) is 6.79. The van der Waals surface area contributed by atoms with Crippen molar-refractivity contribution in [2.45, 2.75) is 19.8 Å². The predicted molar refractivity (Wildman–Crippen MR) is 115 cm³/mol. The topological polar surface area (TPSA) is 111 Å². The molecule has 4 rings (SSSR count). The number of phenolic OH excluding ortho intramolecular Hbond substituents is 1. The Hall–Kier alpha value is -4.07. The third kappa shape index (κ3) is 3.28. The Balaban J connectivity index is 1.91. The SMILES string of the molecule is CCCc1nc2ccccc2c(=O)n1/N=C/c1cc([N+](=O)[O-])c2ccccc2c1O. The molecule has 4 aromatic rings. The zero-order valence-corrected chi connectivity index (χ0v) is 16.1. The van der Waals surface area contributed by atoms with E-state index < -0.39 is 4.92 Å². The van der Waals surface area contributed by atoms with Crippen LogP contribution in [-0.2, 0) is 6.42 Å². The van der Waals surface area contributed by atoms with Crippen molar-refractivity contribution >= 4 is 33.6 Å². The predicted octanol–water partition coefficient (Wildman–Crippen LogP) is 4.00. The quantitative estimate of drug-likeness (QED) is 0.308. The van der Waals surface area contributed by atoms with Gasteiger partial charge in [0.1, 0.15) is 11.6 Å². The summed E-state index contributed by atoms with van der Waals surface area (Å²) in [6.45, 7) is 1.97. The summed E-state index contributed by atoms with van der Waals surface area (Å²) < 4.78 is 1.19. The molecule has 0 aliphatic rings. The van der Waals surface area contributed by atoms with Gasteiger partial charge < -0.3 is 5.11 Å². The molecule has 0 bridgehead atoms. The van der Waals surface area contributed by atoms with Crippen molar-refractivity contribution in [1.82, 2.24) is 9.66 Å². The third-order valence-corrected chi connectivity index (χ3v) is 4.83. The number of fused-ring (bicyclic) bond motifs is 2. The van der Waals surface area contributed by atoms with Crippen molar-refractivity contribution < 1.29 is 10.0 Å². The molecule has 0 fully saturated rings. The van der Waals surface area contributed by atoms with Gasteiger partial charge in [0.25, 0.3) is 11.2 Å². The average molecular weight is 402 g/mol. The van der Waals surface area contributed by atoms with Gasteiger partial charge >= 0.3 is 0 Å². The smallest absolute Gasteiger partial charge is 0.282 e. The van der Waals surface area contributed by atoms with E-state index in [-0.39, 0.29) is 22.6 Å². The zero-order chi connectivity index (χ0) is 21.3. The lowest BCUT2D eigenvalue weighted by Crippen LogP contribution is -2.22. The molecule has 8 heteroatoms. The van der Waals surface area contributed by atoms with Gasteiger partial charge in [-0.1, -0.05) is 37.3 Å². The van der Waals surface area contributed by atoms with E-state index in [4.69, 9.17) is 0 Å². The highest BCUT2D eigenvalue weighted by atomic mass is 16.6. The fraction of sp³-hybridized carbons (Fsp3) is 0.136. The molecule has 3 aromatic carbocycles. The van der Waals surface area contributed by atoms with E-state index in [1.54, 1.807) is 42.5 Å². The average Bonchev–Trinajstić information content (AvgIpc) is 2.75. The van der Waals surface area contributed by atoms with E-state index in [1.807, 2.05) is 13.0 Å². The van der Waals surface area contributed by atoms with Crippen molar-refractivity contribution in [3.8, 4) is 5.75 Å². The second-order valence-corrected chi connectivity index (χ2v) is 6.79. The maximum Gasteiger partial charge on any atom is 0.282 e. The van der Waals surface area contributed by atoms with Crippen LogP contribution in [-0.4, -0.2) is 25.9 Å². The minimum atomic E-state index is -0.509. The fourth-order valence-electron chi connectivity index (χ4n) is 3.41. The van der Waals surface area contributed by atoms with Crippen molar-refractivity contribution in [1.29, 1.82) is 0 Å². The number of phenols is 1. The van der Waals surface area contributed by atoms with Gasteiger partial charge in [-0.25, -0.2) is 4.98 Å². The first-order valence-corrected chi connectivity index (χ1v) is 9.45. The van der Waals surface area contributed by atoms with Crippen LogP contribution in [0.25, 0.3) is 21.7 Å². The van der Waals surface area contributed by atoms with Crippen molar-refractivity contribution in [3.63, 3.8) is 0 Å². The van der Waals surface area contributed by atoms with Crippen LogP contribution < -0.4 is 5.56 Å². The van der Waals surface area contributed by atoms with Gasteiger partial charge in [0.2, 0.25) is 0 Å². The third-order valence-electron chi connectivity index (χ3n) is 4.83. The van der Waals surface area contributed by atoms with Gasteiger partial charge in [-0.2, -0.15) is 9.78 Å². The summed E-state index contributed by atoms with van der Waals surface area (Å²) in [4.78, 5) is 28.5. The Labute approximate surface area is 170 Å². The normalized spacial score (nSPS) is 11.5. The number of aryl methyl sites for hydroxylation is 1. The number of benzene rings is 3. The number of nitrogens with zero attached hydrogens (tertiary/aromatic N) is 4. The summed E-state index contributed by atoms with van der Waals surface area (Å²) in [5.74, 6) is 0.339. The molecule has 30 heavy (non-hydrogen) atoms. The number of aromatic hydroxyl groups is 1. The van der Waals surface area contributed by atoms with Crippen LogP contribution in [0, 0.1) is 10.1 Å². The molecule has 0 atom stereocenters. The monoisotopic (exact) mass is 402 g/mol. The Bertz CT molecular complexity index is 1380. The van der Waals surface area contributed by atoms with E-state index in [1.165, 1.54) is 17.0 Å². The van der Waals surface area contributed by atoms with E-state index in [0.717, 1.165) is 6.42 Å². The Morgan fingerprint density at radius 3 is 2.50 bits per heavy atom. The van der Waals surface area contributed by atoms with E-state index >= 15 is 0 Å². The van der Waals surface area contributed by atoms with Crippen LogP contribution in [0.15, 0.2) is 64.5 Å². The number of non-ortho nitro benzene ring substituents is 1. The molecule has 0 spiro atoms. The second kappa shape index (κ2) is 7.75. The van der Waals surface area contributed by atoms with Crippen LogP contribution in [0.5, 0.6) is 5.75 Å². The first kappa shape index (κ1) is 19.3. The first-order valence-electron chi connectivity index (χ1n) is 9.45. The largest absolute Gasteiger partial charge is 0.507 e. The summed E-state index contributed by atoms with van der Waals surface area (Å²) in [6, 6.07) is 14.8. The lowest BCUT2D eigenvalue weighted by molar-refractivity contribution is -0.383. The minimum Gasteiger partial charge on any atom is -0.507 e. The molecule has 1 heterocycles. The van der Waals surface area contributed by atoms with Crippen LogP contribution in [0.3, 0.4) is 0 Å². The summed E-state index contributed by atoms with van der Waals surface area (Å²) in [6.07, 6.45) is 2.54. The van der Waals surface area contributed by atoms with E-state index in [9.17, 15) is 20.0 Å². The lowest BCUT2D eigenvalue weighted by Gasteiger charge is -2.09. The molecule has 8 nitrogen and oxygen atoms in total. The van der Waals surface area contributed by atoms with Crippen molar-refractivity contribution in [2.75, 3.05) is 0 Å². The minimum absolute atomic E-state index is 0.140. The molecule has 0 saturated heterocycles. The van der Waals surface area contributed by atoms with Crippen molar-refractivity contribution in [2.24, 2.45) is 5.10 Å². The molecule has 0 unspecified atom stereocenters. The molecular formula is C22H18N4O4. The molecule has 0 amide bonds. The Morgan fingerprint density at radius 1 is 1.13 bits per heavy atom. The van der Waals surface area contributed by atoms with Gasteiger partial charge in [-0.3, -0.25) is 14.9 Å². The van der Waals surface area contributed by atoms with E-state index in [0.29, 0.717) is 33.9 Å². The fourth-order valence-corrected chi connectivity index (χ4v) is 3.41. The van der Waals surface area contributed by atoms with Crippen LogP contribution >= 0.6 is 0 Å². The van der Waals surface area contributed by atoms with Crippen LogP contribution in [0.1, 0.15) is 24.7 Å². The van der Waals surface area contributed by atoms with Gasteiger partial charge in [0.05, 0.1) is 27.4 Å². The highest BCUT2D eigenvalue weighted by molar-refractivity contribution is 6.02. The molecule has 1 N–H and O–H groups in total. The number of nitro benzene ring substituents is 1. The number of para-hydroxylation sites is 1. The summed E-state index contributed by atoms with van der Waals surface area (Å²) >= 11 is 0. The highest BCUT2D eigenvalue weighted by Gasteiger charge is 2.18. The van der Waals surface area contributed by atoms with Gasteiger partial charge in [-0.05, 0) is 24.6 Å². The first-order chi connectivity index (χ1) is 14.5. The molecule has 1 aromatic heterocycles. The molecule has 0 aliphatic heterocycles. The number of hydrogen-bond donors (Lipinski definition) is 1. The Kier molecular flexibility index (Phi) is 4.97. The molecule has 0 saturated carbocycles. The lowest BCUT2D eigenvalue weighted by atomic mass is 10.0. The highest BCUT2D eigenvalue weighted by Crippen LogP contribution is 2.34. The number of rotatable bonds is 5. The standard InChI is InChI=1S/C22H18N4O4/c1-2-7-20-24-18-11-6-5-10-17(18)22(28)25(20)23-13-14-12-19(26(29)30)15-8-3-4-9-16(15)21(14)27/h3-6,8-13,27H,2,7H2,1H3/b23-13+. The molecule has 0 aliphatic carbocycles. The van der Waals surface area contributed by atoms with Gasteiger partial charge in [-0.15, -0.1) is 0 Å². The maximum absolute atomic E-state index is 13.0.